The second-order valence-electron chi connectivity index (χ2n) is 7.69. The Labute approximate surface area is 195 Å². The van der Waals surface area contributed by atoms with Crippen molar-refractivity contribution in [1.29, 1.82) is 0 Å². The zero-order chi connectivity index (χ0) is 21.2. The van der Waals surface area contributed by atoms with Gasteiger partial charge in [0.05, 0.1) is 11.4 Å². The average Bonchev–Trinajstić information content (AvgIpc) is 2.80. The molecule has 6 heteroatoms. The average molecular weight is 492 g/mol. The number of aromatic nitrogens is 3. The van der Waals surface area contributed by atoms with Crippen LogP contribution in [0.15, 0.2) is 77.5 Å². The Hall–Kier alpha value is -2.60. The number of benzene rings is 2. The summed E-state index contributed by atoms with van der Waals surface area (Å²) in [5, 5.41) is 0.719. The molecule has 2 aromatic carbocycles. The summed E-state index contributed by atoms with van der Waals surface area (Å²) in [5.74, 6) is 0.761. The molecule has 0 amide bonds. The molecule has 0 radical (unpaired) electrons. The van der Waals surface area contributed by atoms with Crippen molar-refractivity contribution in [3.05, 3.63) is 99.4 Å². The smallest absolute Gasteiger partial charge is 0.159 e. The van der Waals surface area contributed by atoms with Gasteiger partial charge in [0.15, 0.2) is 5.82 Å². The number of fused-ring (bicyclic) bond motifs is 1. The fourth-order valence-electron chi connectivity index (χ4n) is 3.82. The second-order valence-corrected chi connectivity index (χ2v) is 9.04. The maximum absolute atomic E-state index is 5.99. The Balaban J connectivity index is 1.26. The molecule has 5 rings (SSSR count). The third-order valence-corrected chi connectivity index (χ3v) is 6.27. The Kier molecular flexibility index (Phi) is 5.81. The summed E-state index contributed by atoms with van der Waals surface area (Å²) in [7, 11) is 0. The van der Waals surface area contributed by atoms with Crippen molar-refractivity contribution in [2.24, 2.45) is 0 Å². The van der Waals surface area contributed by atoms with Crippen molar-refractivity contribution in [1.82, 2.24) is 19.9 Å². The standard InChI is InChI=1S/C25H20BrClN4/c26-21-6-2-18(3-7-21)23-10-1-17(13-28-23)15-31-12-11-24-20(16-31)14-29-25(30-24)19-4-8-22(27)9-5-19/h1-10,13-14H,11-12,15-16H2. The van der Waals surface area contributed by atoms with Crippen LogP contribution in [0.3, 0.4) is 0 Å². The summed E-state index contributed by atoms with van der Waals surface area (Å²) in [6.07, 6.45) is 4.86. The van der Waals surface area contributed by atoms with Gasteiger partial charge in [-0.15, -0.1) is 0 Å². The Morgan fingerprint density at radius 2 is 1.65 bits per heavy atom. The van der Waals surface area contributed by atoms with Gasteiger partial charge in [-0.25, -0.2) is 9.97 Å². The van der Waals surface area contributed by atoms with Gasteiger partial charge in [-0.1, -0.05) is 45.7 Å². The SMILES string of the molecule is Clc1ccc(-c2ncc3c(n2)CCN(Cc2ccc(-c4ccc(Br)cc4)nc2)C3)cc1. The van der Waals surface area contributed by atoms with Gasteiger partial charge in [0.1, 0.15) is 0 Å². The summed E-state index contributed by atoms with van der Waals surface area (Å²) in [5.41, 5.74) is 6.65. The van der Waals surface area contributed by atoms with Gasteiger partial charge in [0, 0.05) is 64.6 Å². The van der Waals surface area contributed by atoms with Crippen LogP contribution in [0.2, 0.25) is 5.02 Å². The molecule has 31 heavy (non-hydrogen) atoms. The highest BCUT2D eigenvalue weighted by atomic mass is 79.9. The van der Waals surface area contributed by atoms with Crippen molar-refractivity contribution in [3.63, 3.8) is 0 Å². The lowest BCUT2D eigenvalue weighted by Crippen LogP contribution is -2.31. The molecule has 0 saturated carbocycles. The molecule has 0 aliphatic carbocycles. The van der Waals surface area contributed by atoms with E-state index in [4.69, 9.17) is 16.6 Å². The Morgan fingerprint density at radius 3 is 2.39 bits per heavy atom. The van der Waals surface area contributed by atoms with Crippen molar-refractivity contribution in [2.75, 3.05) is 6.54 Å². The molecule has 0 bridgehead atoms. The van der Waals surface area contributed by atoms with Crippen LogP contribution < -0.4 is 0 Å². The molecular weight excluding hydrogens is 472 g/mol. The molecule has 0 atom stereocenters. The van der Waals surface area contributed by atoms with Crippen molar-refractivity contribution in [3.8, 4) is 22.6 Å². The van der Waals surface area contributed by atoms with Gasteiger partial charge in [-0.2, -0.15) is 0 Å². The minimum Gasteiger partial charge on any atom is -0.294 e. The molecule has 4 nitrogen and oxygen atoms in total. The van der Waals surface area contributed by atoms with E-state index in [0.717, 1.165) is 63.9 Å². The first-order chi connectivity index (χ1) is 15.1. The van der Waals surface area contributed by atoms with Gasteiger partial charge in [0.25, 0.3) is 0 Å². The number of nitrogens with zero attached hydrogens (tertiary/aromatic N) is 4. The minimum absolute atomic E-state index is 0.719. The van der Waals surface area contributed by atoms with E-state index < -0.39 is 0 Å². The third-order valence-electron chi connectivity index (χ3n) is 5.49. The summed E-state index contributed by atoms with van der Waals surface area (Å²) < 4.78 is 1.07. The highest BCUT2D eigenvalue weighted by Crippen LogP contribution is 2.24. The fourth-order valence-corrected chi connectivity index (χ4v) is 4.21. The first-order valence-corrected chi connectivity index (χ1v) is 11.3. The van der Waals surface area contributed by atoms with Crippen molar-refractivity contribution in [2.45, 2.75) is 19.5 Å². The van der Waals surface area contributed by atoms with Gasteiger partial charge < -0.3 is 0 Å². The van der Waals surface area contributed by atoms with Crippen LogP contribution in [-0.4, -0.2) is 26.4 Å². The largest absolute Gasteiger partial charge is 0.294 e. The minimum atomic E-state index is 0.719. The molecule has 0 N–H and O–H groups in total. The highest BCUT2D eigenvalue weighted by Gasteiger charge is 2.19. The van der Waals surface area contributed by atoms with Crippen LogP contribution in [0.1, 0.15) is 16.8 Å². The molecule has 0 saturated heterocycles. The van der Waals surface area contributed by atoms with Crippen LogP contribution in [-0.2, 0) is 19.5 Å². The first-order valence-electron chi connectivity index (χ1n) is 10.2. The Morgan fingerprint density at radius 1 is 0.871 bits per heavy atom. The molecule has 2 aromatic heterocycles. The maximum atomic E-state index is 5.99. The zero-order valence-corrected chi connectivity index (χ0v) is 19.1. The van der Waals surface area contributed by atoms with E-state index in [0.29, 0.717) is 0 Å². The summed E-state index contributed by atoms with van der Waals surface area (Å²) in [6, 6.07) is 20.2. The summed E-state index contributed by atoms with van der Waals surface area (Å²) in [6.45, 7) is 2.69. The van der Waals surface area contributed by atoms with E-state index in [1.807, 2.05) is 48.8 Å². The normalized spacial score (nSPS) is 13.7. The Bertz CT molecular complexity index is 1190. The molecule has 0 unspecified atom stereocenters. The molecule has 1 aliphatic rings. The lowest BCUT2D eigenvalue weighted by atomic mass is 10.1. The lowest BCUT2D eigenvalue weighted by molar-refractivity contribution is 0.242. The quantitative estimate of drug-likeness (QED) is 0.342. The molecular formula is C25H20BrClN4. The lowest BCUT2D eigenvalue weighted by Gasteiger charge is -2.28. The van der Waals surface area contributed by atoms with Crippen molar-refractivity contribution < 1.29 is 0 Å². The van der Waals surface area contributed by atoms with E-state index >= 15 is 0 Å². The van der Waals surface area contributed by atoms with E-state index in [1.54, 1.807) is 0 Å². The molecule has 0 spiro atoms. The number of pyridine rings is 1. The molecule has 1 aliphatic heterocycles. The van der Waals surface area contributed by atoms with Crippen LogP contribution in [0, 0.1) is 0 Å². The van der Waals surface area contributed by atoms with Crippen LogP contribution in [0.4, 0.5) is 0 Å². The predicted octanol–water partition coefficient (Wildman–Crippen LogP) is 6.18. The molecule has 3 heterocycles. The van der Waals surface area contributed by atoms with Gasteiger partial charge in [0.2, 0.25) is 0 Å². The molecule has 0 fully saturated rings. The number of rotatable bonds is 4. The summed E-state index contributed by atoms with van der Waals surface area (Å²) in [4.78, 5) is 16.5. The van der Waals surface area contributed by atoms with Crippen molar-refractivity contribution >= 4 is 27.5 Å². The van der Waals surface area contributed by atoms with E-state index in [9.17, 15) is 0 Å². The number of halogens is 2. The third kappa shape index (κ3) is 4.69. The maximum Gasteiger partial charge on any atom is 0.159 e. The van der Waals surface area contributed by atoms with Gasteiger partial charge in [-0.3, -0.25) is 9.88 Å². The number of hydrogen-bond donors (Lipinski definition) is 0. The topological polar surface area (TPSA) is 41.9 Å². The van der Waals surface area contributed by atoms with E-state index in [-0.39, 0.29) is 0 Å². The molecule has 4 aromatic rings. The zero-order valence-electron chi connectivity index (χ0n) is 16.8. The van der Waals surface area contributed by atoms with Gasteiger partial charge in [-0.05, 0) is 48.0 Å². The highest BCUT2D eigenvalue weighted by molar-refractivity contribution is 9.10. The van der Waals surface area contributed by atoms with Crippen LogP contribution in [0.5, 0.6) is 0 Å². The first kappa shape index (κ1) is 20.3. The predicted molar refractivity (Wildman–Crippen MR) is 128 cm³/mol. The van der Waals surface area contributed by atoms with Crippen LogP contribution >= 0.6 is 27.5 Å². The second kappa shape index (κ2) is 8.87. The number of hydrogen-bond acceptors (Lipinski definition) is 4. The van der Waals surface area contributed by atoms with Crippen LogP contribution in [0.25, 0.3) is 22.6 Å². The fraction of sp³-hybridized carbons (Fsp3) is 0.160. The van der Waals surface area contributed by atoms with Gasteiger partial charge >= 0.3 is 0 Å². The van der Waals surface area contributed by atoms with E-state index in [2.05, 4.69) is 55.1 Å². The summed E-state index contributed by atoms with van der Waals surface area (Å²) >= 11 is 9.47. The monoisotopic (exact) mass is 490 g/mol. The molecule has 154 valence electrons. The van der Waals surface area contributed by atoms with E-state index in [1.165, 1.54) is 11.1 Å².